The maximum absolute atomic E-state index is 14.5. The summed E-state index contributed by atoms with van der Waals surface area (Å²) in [6.45, 7) is 0. The van der Waals surface area contributed by atoms with Crippen LogP contribution in [-0.2, 0) is 9.84 Å². The second-order valence-corrected chi connectivity index (χ2v) is 8.96. The fraction of sp³-hybridized carbons (Fsp3) is 0.400. The summed E-state index contributed by atoms with van der Waals surface area (Å²) in [5, 5.41) is 3.43. The Morgan fingerprint density at radius 2 is 1.77 bits per heavy atom. The first kappa shape index (κ1) is 19.0. The van der Waals surface area contributed by atoms with Crippen molar-refractivity contribution in [1.82, 2.24) is 5.32 Å². The van der Waals surface area contributed by atoms with E-state index in [4.69, 9.17) is 0 Å². The first-order chi connectivity index (χ1) is 12.3. The van der Waals surface area contributed by atoms with Gasteiger partial charge in [-0.1, -0.05) is 31.4 Å². The number of hydrogen-bond acceptors (Lipinski definition) is 3. The summed E-state index contributed by atoms with van der Waals surface area (Å²) in [6, 6.07) is 9.41. The van der Waals surface area contributed by atoms with Gasteiger partial charge in [-0.05, 0) is 48.7 Å². The minimum absolute atomic E-state index is 0.169. The Labute approximate surface area is 153 Å². The van der Waals surface area contributed by atoms with Crippen LogP contribution in [0.4, 0.5) is 8.78 Å². The number of hydrogen-bond donors (Lipinski definition) is 1. The molecule has 1 N–H and O–H groups in total. The normalized spacial score (nSPS) is 17.2. The molecule has 26 heavy (non-hydrogen) atoms. The molecule has 3 rings (SSSR count). The molecule has 1 aliphatic carbocycles. The third kappa shape index (κ3) is 4.48. The summed E-state index contributed by atoms with van der Waals surface area (Å²) >= 11 is 0. The molecule has 2 aromatic rings. The molecule has 0 heterocycles. The fourth-order valence-corrected chi connectivity index (χ4v) is 4.21. The van der Waals surface area contributed by atoms with E-state index in [0.717, 1.165) is 44.1 Å². The predicted octanol–water partition coefficient (Wildman–Crippen LogP) is 4.38. The highest BCUT2D eigenvalue weighted by Crippen LogP contribution is 2.30. The van der Waals surface area contributed by atoms with Gasteiger partial charge in [0.25, 0.3) is 0 Å². The van der Waals surface area contributed by atoms with Crippen molar-refractivity contribution in [3.8, 4) is 0 Å². The second kappa shape index (κ2) is 7.84. The minimum atomic E-state index is -3.39. The van der Waals surface area contributed by atoms with Crippen LogP contribution in [0, 0.1) is 11.6 Å². The zero-order valence-corrected chi connectivity index (χ0v) is 15.5. The van der Waals surface area contributed by atoms with Crippen LogP contribution in [0.5, 0.6) is 0 Å². The van der Waals surface area contributed by atoms with Gasteiger partial charge in [0.15, 0.2) is 9.84 Å². The highest BCUT2D eigenvalue weighted by Gasteiger charge is 2.24. The van der Waals surface area contributed by atoms with Crippen molar-refractivity contribution in [2.45, 2.75) is 49.1 Å². The molecular formula is C20H23F2NO2S. The molecule has 2 aromatic carbocycles. The average Bonchev–Trinajstić information content (AvgIpc) is 2.62. The molecule has 1 unspecified atom stereocenters. The zero-order chi connectivity index (χ0) is 18.7. The van der Waals surface area contributed by atoms with Gasteiger partial charge in [-0.2, -0.15) is 0 Å². The summed E-state index contributed by atoms with van der Waals surface area (Å²) in [6.07, 6.45) is 6.45. The Bertz CT molecular complexity index is 877. The topological polar surface area (TPSA) is 46.2 Å². The summed E-state index contributed by atoms with van der Waals surface area (Å²) in [5.41, 5.74) is 0.809. The van der Waals surface area contributed by atoms with Crippen LogP contribution in [-0.4, -0.2) is 20.7 Å². The third-order valence-electron chi connectivity index (χ3n) is 4.90. The Hall–Kier alpha value is -1.79. The lowest BCUT2D eigenvalue weighted by atomic mass is 9.91. The van der Waals surface area contributed by atoms with Crippen LogP contribution < -0.4 is 5.32 Å². The molecule has 0 radical (unpaired) electrons. The lowest BCUT2D eigenvalue weighted by Crippen LogP contribution is -2.35. The van der Waals surface area contributed by atoms with E-state index in [1.807, 2.05) is 0 Å². The number of benzene rings is 2. The van der Waals surface area contributed by atoms with Crippen molar-refractivity contribution in [3.05, 3.63) is 65.2 Å². The molecule has 1 saturated carbocycles. The molecule has 0 spiro atoms. The Kier molecular flexibility index (Phi) is 5.73. The third-order valence-corrected chi connectivity index (χ3v) is 6.01. The monoisotopic (exact) mass is 379 g/mol. The van der Waals surface area contributed by atoms with Crippen molar-refractivity contribution >= 4 is 9.84 Å². The first-order valence-electron chi connectivity index (χ1n) is 8.85. The predicted molar refractivity (Wildman–Crippen MR) is 97.8 cm³/mol. The quantitative estimate of drug-likeness (QED) is 0.839. The van der Waals surface area contributed by atoms with E-state index < -0.39 is 27.5 Å². The Morgan fingerprint density at radius 1 is 1.04 bits per heavy atom. The van der Waals surface area contributed by atoms with E-state index in [0.29, 0.717) is 5.56 Å². The van der Waals surface area contributed by atoms with Crippen LogP contribution in [0.25, 0.3) is 0 Å². The molecular weight excluding hydrogens is 356 g/mol. The molecule has 0 bridgehead atoms. The molecule has 1 atom stereocenters. The van der Waals surface area contributed by atoms with Crippen molar-refractivity contribution in [3.63, 3.8) is 0 Å². The first-order valence-corrected chi connectivity index (χ1v) is 10.7. The summed E-state index contributed by atoms with van der Waals surface area (Å²) in [5.74, 6) is -1.03. The number of halogens is 2. The van der Waals surface area contributed by atoms with Crippen molar-refractivity contribution in [1.29, 1.82) is 0 Å². The van der Waals surface area contributed by atoms with Gasteiger partial charge in [-0.3, -0.25) is 0 Å². The molecule has 0 aliphatic heterocycles. The minimum Gasteiger partial charge on any atom is -0.303 e. The highest BCUT2D eigenvalue weighted by molar-refractivity contribution is 7.90. The molecule has 0 amide bonds. The van der Waals surface area contributed by atoms with E-state index in [1.54, 1.807) is 18.2 Å². The lowest BCUT2D eigenvalue weighted by molar-refractivity contribution is 0.350. The van der Waals surface area contributed by atoms with Crippen molar-refractivity contribution in [2.75, 3.05) is 6.26 Å². The maximum atomic E-state index is 14.5. The Balaban J connectivity index is 2.04. The average molecular weight is 379 g/mol. The fourth-order valence-electron chi connectivity index (χ4n) is 3.53. The van der Waals surface area contributed by atoms with E-state index in [2.05, 4.69) is 5.32 Å². The number of nitrogens with one attached hydrogen (secondary N) is 1. The van der Waals surface area contributed by atoms with Gasteiger partial charge < -0.3 is 5.32 Å². The summed E-state index contributed by atoms with van der Waals surface area (Å²) in [4.78, 5) is 0.169. The molecule has 6 heteroatoms. The molecule has 140 valence electrons. The maximum Gasteiger partial charge on any atom is 0.175 e. The van der Waals surface area contributed by atoms with E-state index >= 15 is 0 Å². The SMILES string of the molecule is CS(=O)(=O)c1cccc(C(NC2CCCCC2)c2cc(F)ccc2F)c1. The standard InChI is InChI=1S/C20H23F2NO2S/c1-26(24,25)17-9-5-6-14(12-17)20(23-16-7-3-2-4-8-16)18-13-15(21)10-11-19(18)22/h5-6,9-13,16,20,23H,2-4,7-8H2,1H3. The lowest BCUT2D eigenvalue weighted by Gasteiger charge is -2.29. The number of sulfone groups is 1. The van der Waals surface area contributed by atoms with Crippen LogP contribution in [0.3, 0.4) is 0 Å². The highest BCUT2D eigenvalue weighted by atomic mass is 32.2. The largest absolute Gasteiger partial charge is 0.303 e. The smallest absolute Gasteiger partial charge is 0.175 e. The van der Waals surface area contributed by atoms with Crippen LogP contribution in [0.15, 0.2) is 47.4 Å². The van der Waals surface area contributed by atoms with Crippen LogP contribution >= 0.6 is 0 Å². The number of rotatable bonds is 5. The van der Waals surface area contributed by atoms with Crippen molar-refractivity contribution < 1.29 is 17.2 Å². The van der Waals surface area contributed by atoms with Gasteiger partial charge in [0, 0.05) is 17.9 Å². The zero-order valence-electron chi connectivity index (χ0n) is 14.7. The van der Waals surface area contributed by atoms with Gasteiger partial charge in [-0.25, -0.2) is 17.2 Å². The van der Waals surface area contributed by atoms with Gasteiger partial charge in [0.05, 0.1) is 10.9 Å². The van der Waals surface area contributed by atoms with E-state index in [1.165, 1.54) is 18.6 Å². The molecule has 0 aromatic heterocycles. The molecule has 1 fully saturated rings. The van der Waals surface area contributed by atoms with Gasteiger partial charge in [0.1, 0.15) is 11.6 Å². The molecule has 0 saturated heterocycles. The van der Waals surface area contributed by atoms with E-state index in [-0.39, 0.29) is 16.5 Å². The molecule has 3 nitrogen and oxygen atoms in total. The van der Waals surface area contributed by atoms with Gasteiger partial charge in [-0.15, -0.1) is 0 Å². The molecule has 1 aliphatic rings. The van der Waals surface area contributed by atoms with Gasteiger partial charge in [0.2, 0.25) is 0 Å². The second-order valence-electron chi connectivity index (χ2n) is 6.95. The van der Waals surface area contributed by atoms with Crippen LogP contribution in [0.2, 0.25) is 0 Å². The van der Waals surface area contributed by atoms with Crippen LogP contribution in [0.1, 0.15) is 49.3 Å². The van der Waals surface area contributed by atoms with E-state index in [9.17, 15) is 17.2 Å². The van der Waals surface area contributed by atoms with Crippen molar-refractivity contribution in [2.24, 2.45) is 0 Å². The Morgan fingerprint density at radius 3 is 2.46 bits per heavy atom. The van der Waals surface area contributed by atoms with Gasteiger partial charge >= 0.3 is 0 Å². The summed E-state index contributed by atoms with van der Waals surface area (Å²) < 4.78 is 52.1. The summed E-state index contributed by atoms with van der Waals surface area (Å²) in [7, 11) is -3.39.